The van der Waals surface area contributed by atoms with Crippen molar-refractivity contribution in [1.82, 2.24) is 15.2 Å². The number of halogens is 1. The van der Waals surface area contributed by atoms with Gasteiger partial charge in [-0.1, -0.05) is 35.9 Å². The van der Waals surface area contributed by atoms with Gasteiger partial charge in [0.25, 0.3) is 0 Å². The smallest absolute Gasteiger partial charge is 0.236 e. The van der Waals surface area contributed by atoms with Crippen LogP contribution in [0.3, 0.4) is 0 Å². The van der Waals surface area contributed by atoms with E-state index >= 15 is 0 Å². The van der Waals surface area contributed by atoms with E-state index in [1.165, 1.54) is 0 Å². The third-order valence-corrected chi connectivity index (χ3v) is 6.03. The standard InChI is InChI=1S/C20H22ClN3OS/c1-13(15-8-10-16(21)11-9-15)22-12-19(25)24(3)14(2)20-23-17-6-4-5-7-18(17)26-20/h4-11,13-14,22H,12H2,1-3H3/t13-,14+/m0/s1. The van der Waals surface area contributed by atoms with Crippen molar-refractivity contribution < 1.29 is 4.79 Å². The molecular weight excluding hydrogens is 366 g/mol. The van der Waals surface area contributed by atoms with Crippen LogP contribution in [0.1, 0.15) is 36.5 Å². The summed E-state index contributed by atoms with van der Waals surface area (Å²) in [6.07, 6.45) is 0. The van der Waals surface area contributed by atoms with Gasteiger partial charge in [-0.15, -0.1) is 11.3 Å². The summed E-state index contributed by atoms with van der Waals surface area (Å²) in [5.41, 5.74) is 2.08. The Labute approximate surface area is 162 Å². The molecule has 2 atom stereocenters. The molecule has 0 spiro atoms. The Bertz CT molecular complexity index is 860. The minimum Gasteiger partial charge on any atom is -0.335 e. The second-order valence-corrected chi connectivity index (χ2v) is 7.85. The van der Waals surface area contributed by atoms with E-state index in [1.54, 1.807) is 16.2 Å². The molecular formula is C20H22ClN3OS. The fourth-order valence-corrected chi connectivity index (χ4v) is 3.87. The largest absolute Gasteiger partial charge is 0.335 e. The first-order valence-corrected chi connectivity index (χ1v) is 9.75. The topological polar surface area (TPSA) is 45.2 Å². The number of amides is 1. The molecule has 0 unspecified atom stereocenters. The van der Waals surface area contributed by atoms with E-state index in [4.69, 9.17) is 11.6 Å². The minimum atomic E-state index is -0.0625. The van der Waals surface area contributed by atoms with Crippen molar-refractivity contribution in [1.29, 1.82) is 0 Å². The van der Waals surface area contributed by atoms with Crippen LogP contribution in [-0.2, 0) is 4.79 Å². The molecule has 0 bridgehead atoms. The molecule has 0 saturated carbocycles. The van der Waals surface area contributed by atoms with Gasteiger partial charge in [0, 0.05) is 18.1 Å². The van der Waals surface area contributed by atoms with Crippen LogP contribution in [0, 0.1) is 0 Å². The summed E-state index contributed by atoms with van der Waals surface area (Å²) < 4.78 is 1.14. The van der Waals surface area contributed by atoms with E-state index in [9.17, 15) is 4.79 Å². The normalized spacial score (nSPS) is 13.5. The van der Waals surface area contributed by atoms with Gasteiger partial charge < -0.3 is 10.2 Å². The first-order chi connectivity index (χ1) is 12.5. The summed E-state index contributed by atoms with van der Waals surface area (Å²) >= 11 is 7.56. The average molecular weight is 388 g/mol. The number of rotatable bonds is 6. The lowest BCUT2D eigenvalue weighted by molar-refractivity contribution is -0.131. The summed E-state index contributed by atoms with van der Waals surface area (Å²) in [5, 5.41) is 4.94. The maximum atomic E-state index is 12.6. The van der Waals surface area contributed by atoms with Crippen LogP contribution in [-0.4, -0.2) is 29.4 Å². The number of nitrogens with zero attached hydrogens (tertiary/aromatic N) is 2. The zero-order valence-corrected chi connectivity index (χ0v) is 16.6. The second kappa shape index (κ2) is 8.16. The molecule has 1 N–H and O–H groups in total. The first-order valence-electron chi connectivity index (χ1n) is 8.55. The molecule has 0 aliphatic rings. The Balaban J connectivity index is 1.60. The number of para-hydroxylation sites is 1. The second-order valence-electron chi connectivity index (χ2n) is 6.35. The molecule has 0 fully saturated rings. The van der Waals surface area contributed by atoms with Gasteiger partial charge >= 0.3 is 0 Å². The molecule has 2 aromatic carbocycles. The number of carbonyl (C=O) groups excluding carboxylic acids is 1. The predicted octanol–water partition coefficient (Wildman–Crippen LogP) is 4.82. The van der Waals surface area contributed by atoms with E-state index in [0.717, 1.165) is 20.8 Å². The molecule has 136 valence electrons. The van der Waals surface area contributed by atoms with Crippen molar-refractivity contribution >= 4 is 39.1 Å². The van der Waals surface area contributed by atoms with Gasteiger partial charge in [-0.25, -0.2) is 4.98 Å². The summed E-state index contributed by atoms with van der Waals surface area (Å²) in [6, 6.07) is 15.7. The number of benzene rings is 2. The Morgan fingerprint density at radius 1 is 1.19 bits per heavy atom. The quantitative estimate of drug-likeness (QED) is 0.659. The van der Waals surface area contributed by atoms with Gasteiger partial charge in [0.1, 0.15) is 5.01 Å². The molecule has 0 radical (unpaired) electrons. The Morgan fingerprint density at radius 3 is 2.58 bits per heavy atom. The van der Waals surface area contributed by atoms with Gasteiger partial charge in [-0.2, -0.15) is 0 Å². The first kappa shape index (κ1) is 18.8. The van der Waals surface area contributed by atoms with E-state index in [-0.39, 0.29) is 24.5 Å². The number of hydrogen-bond acceptors (Lipinski definition) is 4. The predicted molar refractivity (Wildman–Crippen MR) is 109 cm³/mol. The minimum absolute atomic E-state index is 0.0394. The fraction of sp³-hybridized carbons (Fsp3) is 0.300. The van der Waals surface area contributed by atoms with Crippen LogP contribution in [0.15, 0.2) is 48.5 Å². The lowest BCUT2D eigenvalue weighted by Crippen LogP contribution is -2.37. The third-order valence-electron chi connectivity index (χ3n) is 4.57. The van der Waals surface area contributed by atoms with Gasteiger partial charge in [0.2, 0.25) is 5.91 Å². The van der Waals surface area contributed by atoms with Crippen molar-refractivity contribution in [3.63, 3.8) is 0 Å². The van der Waals surface area contributed by atoms with Gasteiger partial charge in [0.05, 0.1) is 22.8 Å². The number of thiazole rings is 1. The number of hydrogen-bond donors (Lipinski definition) is 1. The molecule has 26 heavy (non-hydrogen) atoms. The Morgan fingerprint density at radius 2 is 1.88 bits per heavy atom. The summed E-state index contributed by atoms with van der Waals surface area (Å²) in [6.45, 7) is 4.32. The van der Waals surface area contributed by atoms with Crippen molar-refractivity contribution in [2.75, 3.05) is 13.6 Å². The maximum Gasteiger partial charge on any atom is 0.236 e. The lowest BCUT2D eigenvalue weighted by atomic mass is 10.1. The van der Waals surface area contributed by atoms with Crippen molar-refractivity contribution in [2.24, 2.45) is 0 Å². The third kappa shape index (κ3) is 4.23. The van der Waals surface area contributed by atoms with E-state index in [2.05, 4.69) is 16.4 Å². The average Bonchev–Trinajstić information content (AvgIpc) is 3.09. The van der Waals surface area contributed by atoms with Gasteiger partial charge in [-0.3, -0.25) is 4.79 Å². The van der Waals surface area contributed by atoms with Gasteiger partial charge in [-0.05, 0) is 43.7 Å². The highest BCUT2D eigenvalue weighted by Crippen LogP contribution is 2.28. The van der Waals surface area contributed by atoms with Crippen LogP contribution >= 0.6 is 22.9 Å². The molecule has 6 heteroatoms. The molecule has 3 aromatic rings. The maximum absolute atomic E-state index is 12.6. The van der Waals surface area contributed by atoms with Crippen LogP contribution in [0.2, 0.25) is 5.02 Å². The van der Waals surface area contributed by atoms with Crippen molar-refractivity contribution in [2.45, 2.75) is 25.9 Å². The molecule has 0 saturated heterocycles. The molecule has 1 amide bonds. The van der Waals surface area contributed by atoms with Gasteiger partial charge in [0.15, 0.2) is 0 Å². The van der Waals surface area contributed by atoms with Crippen LogP contribution in [0.25, 0.3) is 10.2 Å². The Kier molecular flexibility index (Phi) is 5.91. The summed E-state index contributed by atoms with van der Waals surface area (Å²) in [7, 11) is 1.83. The van der Waals surface area contributed by atoms with Crippen LogP contribution in [0.5, 0.6) is 0 Å². The summed E-state index contributed by atoms with van der Waals surface area (Å²) in [5.74, 6) is 0.0394. The van der Waals surface area contributed by atoms with E-state index in [0.29, 0.717) is 5.02 Å². The lowest BCUT2D eigenvalue weighted by Gasteiger charge is -2.24. The molecule has 1 aromatic heterocycles. The van der Waals surface area contributed by atoms with Crippen LogP contribution in [0.4, 0.5) is 0 Å². The number of aromatic nitrogens is 1. The van der Waals surface area contributed by atoms with Crippen molar-refractivity contribution in [3.8, 4) is 0 Å². The monoisotopic (exact) mass is 387 g/mol. The molecule has 1 heterocycles. The highest BCUT2D eigenvalue weighted by atomic mass is 35.5. The zero-order valence-electron chi connectivity index (χ0n) is 15.1. The molecule has 0 aliphatic heterocycles. The highest BCUT2D eigenvalue weighted by Gasteiger charge is 2.21. The molecule has 3 rings (SSSR count). The Hall–Kier alpha value is -1.95. The number of carbonyl (C=O) groups is 1. The SMILES string of the molecule is C[C@H](NCC(=O)N(C)[C@H](C)c1nc2ccccc2s1)c1ccc(Cl)cc1. The number of fused-ring (bicyclic) bond motifs is 1. The molecule has 0 aliphatic carbocycles. The zero-order chi connectivity index (χ0) is 18.7. The van der Waals surface area contributed by atoms with Crippen molar-refractivity contribution in [3.05, 3.63) is 64.1 Å². The fourth-order valence-electron chi connectivity index (χ4n) is 2.68. The molecule has 4 nitrogen and oxygen atoms in total. The number of likely N-dealkylation sites (N-methyl/N-ethyl adjacent to an activating group) is 1. The van der Waals surface area contributed by atoms with Crippen LogP contribution < -0.4 is 5.32 Å². The van der Waals surface area contributed by atoms with E-state index in [1.807, 2.05) is 63.4 Å². The highest BCUT2D eigenvalue weighted by molar-refractivity contribution is 7.18. The number of nitrogens with one attached hydrogen (secondary N) is 1. The summed E-state index contributed by atoms with van der Waals surface area (Å²) in [4.78, 5) is 19.0. The van der Waals surface area contributed by atoms with E-state index < -0.39 is 0 Å².